The SMILES string of the molecule is Cn1nncc1CN(Cc1ccc(-c2ccccc2F)s1)C(=O)CCl. The van der Waals surface area contributed by atoms with Crippen LogP contribution in [0.4, 0.5) is 4.39 Å². The molecular weight excluding hydrogens is 363 g/mol. The average Bonchev–Trinajstić information content (AvgIpc) is 3.23. The highest BCUT2D eigenvalue weighted by Crippen LogP contribution is 2.30. The van der Waals surface area contributed by atoms with Crippen molar-refractivity contribution in [3.8, 4) is 10.4 Å². The fourth-order valence-corrected chi connectivity index (χ4v) is 3.64. The van der Waals surface area contributed by atoms with Crippen molar-refractivity contribution < 1.29 is 9.18 Å². The molecule has 0 aliphatic heterocycles. The maximum Gasteiger partial charge on any atom is 0.238 e. The normalized spacial score (nSPS) is 10.8. The van der Waals surface area contributed by atoms with Crippen molar-refractivity contribution in [1.29, 1.82) is 0 Å². The number of aromatic nitrogens is 3. The number of carbonyl (C=O) groups is 1. The molecule has 2 aromatic heterocycles. The first-order chi connectivity index (χ1) is 12.1. The van der Waals surface area contributed by atoms with Gasteiger partial charge in [-0.05, 0) is 18.2 Å². The molecule has 3 rings (SSSR count). The van der Waals surface area contributed by atoms with Crippen molar-refractivity contribution in [3.63, 3.8) is 0 Å². The number of alkyl halides is 1. The standard InChI is InChI=1S/C17H16ClFN4OS/c1-22-12(9-20-21-22)10-23(17(24)8-18)11-13-6-7-16(25-13)14-4-2-3-5-15(14)19/h2-7,9H,8,10-11H2,1H3. The number of carbonyl (C=O) groups excluding carboxylic acids is 1. The van der Waals surface area contributed by atoms with Crippen LogP contribution < -0.4 is 0 Å². The average molecular weight is 379 g/mol. The number of thiophene rings is 1. The van der Waals surface area contributed by atoms with E-state index in [0.29, 0.717) is 18.7 Å². The van der Waals surface area contributed by atoms with E-state index in [2.05, 4.69) is 10.3 Å². The third kappa shape index (κ3) is 4.05. The Hall–Kier alpha value is -2.25. The number of hydrogen-bond acceptors (Lipinski definition) is 4. The molecule has 130 valence electrons. The van der Waals surface area contributed by atoms with E-state index in [0.717, 1.165) is 15.4 Å². The number of benzene rings is 1. The number of nitrogens with zero attached hydrogens (tertiary/aromatic N) is 4. The molecule has 5 nitrogen and oxygen atoms in total. The van der Waals surface area contributed by atoms with Crippen molar-refractivity contribution >= 4 is 28.8 Å². The van der Waals surface area contributed by atoms with Gasteiger partial charge >= 0.3 is 0 Å². The Labute approximate surface area is 153 Å². The van der Waals surface area contributed by atoms with E-state index >= 15 is 0 Å². The quantitative estimate of drug-likeness (QED) is 0.617. The Morgan fingerprint density at radius 3 is 2.76 bits per heavy atom. The van der Waals surface area contributed by atoms with E-state index < -0.39 is 0 Å². The highest BCUT2D eigenvalue weighted by atomic mass is 35.5. The lowest BCUT2D eigenvalue weighted by Gasteiger charge is -2.20. The summed E-state index contributed by atoms with van der Waals surface area (Å²) in [6, 6.07) is 10.4. The van der Waals surface area contributed by atoms with Crippen LogP contribution in [0.25, 0.3) is 10.4 Å². The van der Waals surface area contributed by atoms with E-state index in [-0.39, 0.29) is 17.6 Å². The van der Waals surface area contributed by atoms with Gasteiger partial charge in [0.05, 0.1) is 25.0 Å². The second-order valence-corrected chi connectivity index (χ2v) is 6.91. The van der Waals surface area contributed by atoms with Crippen LogP contribution in [0.3, 0.4) is 0 Å². The van der Waals surface area contributed by atoms with E-state index in [1.807, 2.05) is 12.1 Å². The molecule has 25 heavy (non-hydrogen) atoms. The van der Waals surface area contributed by atoms with Crippen molar-refractivity contribution in [2.24, 2.45) is 7.05 Å². The van der Waals surface area contributed by atoms with Crippen LogP contribution in [0.15, 0.2) is 42.6 Å². The van der Waals surface area contributed by atoms with Gasteiger partial charge in [0.2, 0.25) is 5.91 Å². The topological polar surface area (TPSA) is 51.0 Å². The predicted octanol–water partition coefficient (Wildman–Crippen LogP) is 3.45. The number of rotatable bonds is 6. The third-order valence-electron chi connectivity index (χ3n) is 3.78. The molecule has 3 aromatic rings. The Morgan fingerprint density at radius 1 is 1.28 bits per heavy atom. The Kier molecular flexibility index (Phi) is 5.45. The molecule has 0 radical (unpaired) electrons. The fourth-order valence-electron chi connectivity index (χ4n) is 2.42. The third-order valence-corrected chi connectivity index (χ3v) is 5.11. The van der Waals surface area contributed by atoms with Crippen molar-refractivity contribution in [2.45, 2.75) is 13.1 Å². The number of hydrogen-bond donors (Lipinski definition) is 0. The van der Waals surface area contributed by atoms with E-state index in [9.17, 15) is 9.18 Å². The van der Waals surface area contributed by atoms with E-state index in [1.54, 1.807) is 41.0 Å². The summed E-state index contributed by atoms with van der Waals surface area (Å²) < 4.78 is 15.6. The molecule has 8 heteroatoms. The van der Waals surface area contributed by atoms with Gasteiger partial charge < -0.3 is 4.90 Å². The van der Waals surface area contributed by atoms with Gasteiger partial charge in [-0.3, -0.25) is 9.48 Å². The molecular formula is C17H16ClFN4OS. The molecule has 0 fully saturated rings. The van der Waals surface area contributed by atoms with Crippen LogP contribution >= 0.6 is 22.9 Å². The van der Waals surface area contributed by atoms with Crippen molar-refractivity contribution in [2.75, 3.05) is 5.88 Å². The summed E-state index contributed by atoms with van der Waals surface area (Å²) in [4.78, 5) is 15.6. The molecule has 0 spiro atoms. The summed E-state index contributed by atoms with van der Waals surface area (Å²) in [5.41, 5.74) is 1.37. The molecule has 0 atom stereocenters. The summed E-state index contributed by atoms with van der Waals surface area (Å²) in [5.74, 6) is -0.536. The second-order valence-electron chi connectivity index (χ2n) is 5.48. The summed E-state index contributed by atoms with van der Waals surface area (Å²) in [6.07, 6.45) is 1.62. The first-order valence-electron chi connectivity index (χ1n) is 7.59. The van der Waals surface area contributed by atoms with Gasteiger partial charge in [-0.1, -0.05) is 23.4 Å². The zero-order chi connectivity index (χ0) is 17.8. The largest absolute Gasteiger partial charge is 0.331 e. The Balaban J connectivity index is 1.80. The zero-order valence-corrected chi connectivity index (χ0v) is 15.1. The number of aryl methyl sites for hydroxylation is 1. The van der Waals surface area contributed by atoms with Crippen LogP contribution in [-0.2, 0) is 24.9 Å². The van der Waals surface area contributed by atoms with Gasteiger partial charge in [-0.15, -0.1) is 28.0 Å². The Morgan fingerprint density at radius 2 is 2.08 bits per heavy atom. The highest BCUT2D eigenvalue weighted by Gasteiger charge is 2.17. The van der Waals surface area contributed by atoms with Gasteiger partial charge in [0.25, 0.3) is 0 Å². The predicted molar refractivity (Wildman–Crippen MR) is 95.7 cm³/mol. The van der Waals surface area contributed by atoms with Crippen LogP contribution in [-0.4, -0.2) is 31.7 Å². The minimum atomic E-state index is -0.259. The van der Waals surface area contributed by atoms with Crippen molar-refractivity contribution in [3.05, 3.63) is 59.0 Å². The Bertz CT molecular complexity index is 879. The molecule has 0 aliphatic rings. The molecule has 1 amide bonds. The van der Waals surface area contributed by atoms with Crippen LogP contribution in [0.1, 0.15) is 10.6 Å². The minimum Gasteiger partial charge on any atom is -0.331 e. The van der Waals surface area contributed by atoms with Gasteiger partial charge in [-0.2, -0.15) is 0 Å². The molecule has 0 saturated heterocycles. The monoisotopic (exact) mass is 378 g/mol. The molecule has 1 aromatic carbocycles. The lowest BCUT2D eigenvalue weighted by atomic mass is 10.2. The maximum atomic E-state index is 13.9. The zero-order valence-electron chi connectivity index (χ0n) is 13.5. The summed E-state index contributed by atoms with van der Waals surface area (Å²) >= 11 is 7.20. The lowest BCUT2D eigenvalue weighted by Crippen LogP contribution is -2.31. The molecule has 2 heterocycles. The highest BCUT2D eigenvalue weighted by molar-refractivity contribution is 7.15. The van der Waals surface area contributed by atoms with Crippen LogP contribution in [0.2, 0.25) is 0 Å². The fraction of sp³-hybridized carbons (Fsp3) is 0.235. The van der Waals surface area contributed by atoms with Gasteiger partial charge in [0, 0.05) is 22.4 Å². The van der Waals surface area contributed by atoms with E-state index in [1.165, 1.54) is 17.4 Å². The van der Waals surface area contributed by atoms with Gasteiger partial charge in [0.1, 0.15) is 11.7 Å². The van der Waals surface area contributed by atoms with Crippen LogP contribution in [0, 0.1) is 5.82 Å². The molecule has 0 N–H and O–H groups in total. The molecule has 0 saturated carbocycles. The van der Waals surface area contributed by atoms with Gasteiger partial charge in [0.15, 0.2) is 0 Å². The summed E-state index contributed by atoms with van der Waals surface area (Å²) in [7, 11) is 1.77. The molecule has 0 unspecified atom stereocenters. The first kappa shape index (κ1) is 17.6. The van der Waals surface area contributed by atoms with Crippen molar-refractivity contribution in [1.82, 2.24) is 19.9 Å². The summed E-state index contributed by atoms with van der Waals surface area (Å²) in [6.45, 7) is 0.762. The number of halogens is 2. The van der Waals surface area contributed by atoms with Crippen LogP contribution in [0.5, 0.6) is 0 Å². The molecule has 0 aliphatic carbocycles. The smallest absolute Gasteiger partial charge is 0.238 e. The molecule has 0 bridgehead atoms. The number of amides is 1. The maximum absolute atomic E-state index is 13.9. The minimum absolute atomic E-state index is 0.100. The summed E-state index contributed by atoms with van der Waals surface area (Å²) in [5, 5.41) is 7.70. The first-order valence-corrected chi connectivity index (χ1v) is 8.94. The lowest BCUT2D eigenvalue weighted by molar-refractivity contribution is -0.129. The van der Waals surface area contributed by atoms with E-state index in [4.69, 9.17) is 11.6 Å². The van der Waals surface area contributed by atoms with Gasteiger partial charge in [-0.25, -0.2) is 4.39 Å². The second kappa shape index (κ2) is 7.76.